The Morgan fingerprint density at radius 3 is 2.86 bits per heavy atom. The number of carbonyl (C=O) groups is 2. The smallest absolute Gasteiger partial charge is 0.251 e. The zero-order valence-corrected chi connectivity index (χ0v) is 18.2. The van der Waals surface area contributed by atoms with Crippen molar-refractivity contribution in [3.05, 3.63) is 65.0 Å². The van der Waals surface area contributed by atoms with Gasteiger partial charge in [-0.2, -0.15) is 11.8 Å². The summed E-state index contributed by atoms with van der Waals surface area (Å²) < 4.78 is 13.7. The normalized spacial score (nSPS) is 16.6. The molecule has 0 aromatic heterocycles. The summed E-state index contributed by atoms with van der Waals surface area (Å²) in [6.45, 7) is 1.92. The van der Waals surface area contributed by atoms with Crippen LogP contribution in [-0.2, 0) is 4.79 Å². The summed E-state index contributed by atoms with van der Waals surface area (Å²) >= 11 is 3.29. The maximum atomic E-state index is 13.7. The number of rotatable bonds is 7. The van der Waals surface area contributed by atoms with Crippen LogP contribution in [0.25, 0.3) is 0 Å². The Labute approximate surface area is 179 Å². The van der Waals surface area contributed by atoms with Crippen molar-refractivity contribution in [3.63, 3.8) is 0 Å². The molecule has 2 amide bonds. The molecule has 2 aromatic rings. The second-order valence-electron chi connectivity index (χ2n) is 7.06. The van der Waals surface area contributed by atoms with Crippen molar-refractivity contribution in [3.8, 4) is 0 Å². The van der Waals surface area contributed by atoms with Crippen molar-refractivity contribution in [1.82, 2.24) is 10.6 Å². The molecule has 4 nitrogen and oxygen atoms in total. The highest BCUT2D eigenvalue weighted by molar-refractivity contribution is 7.99. The van der Waals surface area contributed by atoms with Gasteiger partial charge in [-0.3, -0.25) is 9.59 Å². The molecule has 2 atom stereocenters. The predicted octanol–water partition coefficient (Wildman–Crippen LogP) is 4.34. The van der Waals surface area contributed by atoms with E-state index in [1.54, 1.807) is 41.7 Å². The molecule has 0 saturated heterocycles. The molecule has 29 heavy (non-hydrogen) atoms. The summed E-state index contributed by atoms with van der Waals surface area (Å²) in [5.74, 6) is 0.803. The van der Waals surface area contributed by atoms with E-state index in [1.807, 2.05) is 25.3 Å². The van der Waals surface area contributed by atoms with Gasteiger partial charge in [0.1, 0.15) is 11.9 Å². The second-order valence-corrected chi connectivity index (χ2v) is 9.18. The van der Waals surface area contributed by atoms with Crippen molar-refractivity contribution in [2.45, 2.75) is 36.7 Å². The van der Waals surface area contributed by atoms with E-state index in [1.165, 1.54) is 12.1 Å². The summed E-state index contributed by atoms with van der Waals surface area (Å²) in [5.41, 5.74) is 2.33. The molecule has 1 heterocycles. The number of hydrogen-bond acceptors (Lipinski definition) is 4. The highest BCUT2D eigenvalue weighted by atomic mass is 32.2. The minimum atomic E-state index is -0.637. The molecular weight excluding hydrogens is 407 g/mol. The number of hydrogen-bond donors (Lipinski definition) is 2. The summed E-state index contributed by atoms with van der Waals surface area (Å²) in [4.78, 5) is 26.7. The Bertz CT molecular complexity index is 891. The van der Waals surface area contributed by atoms with Gasteiger partial charge in [-0.05, 0) is 67.7 Å². The van der Waals surface area contributed by atoms with Crippen LogP contribution in [0.5, 0.6) is 0 Å². The summed E-state index contributed by atoms with van der Waals surface area (Å²) in [6, 6.07) is 11.1. The number of amides is 2. The second kappa shape index (κ2) is 10.2. The Balaban J connectivity index is 1.73. The lowest BCUT2D eigenvalue weighted by molar-refractivity contribution is -0.123. The molecule has 2 N–H and O–H groups in total. The third-order valence-electron chi connectivity index (χ3n) is 4.84. The quantitative estimate of drug-likeness (QED) is 0.683. The number of halogens is 1. The molecule has 0 bridgehead atoms. The Kier molecular flexibility index (Phi) is 7.61. The zero-order valence-electron chi connectivity index (χ0n) is 16.5. The molecule has 1 aliphatic rings. The molecular formula is C22H25FN2O2S2. The van der Waals surface area contributed by atoms with Crippen molar-refractivity contribution in [2.75, 3.05) is 17.8 Å². The Hall–Kier alpha value is -1.99. The van der Waals surface area contributed by atoms with Gasteiger partial charge in [0.05, 0.1) is 6.04 Å². The van der Waals surface area contributed by atoms with Crippen molar-refractivity contribution >= 4 is 35.3 Å². The van der Waals surface area contributed by atoms with Crippen LogP contribution in [0, 0.1) is 12.7 Å². The van der Waals surface area contributed by atoms with E-state index >= 15 is 0 Å². The lowest BCUT2D eigenvalue weighted by atomic mass is 10.0. The van der Waals surface area contributed by atoms with Gasteiger partial charge >= 0.3 is 0 Å². The average molecular weight is 433 g/mol. The van der Waals surface area contributed by atoms with Crippen LogP contribution in [0.1, 0.15) is 40.4 Å². The number of aryl methyl sites for hydroxylation is 1. The first-order chi connectivity index (χ1) is 14.0. The molecule has 0 aliphatic carbocycles. The minimum absolute atomic E-state index is 0.229. The fraction of sp³-hybridized carbons (Fsp3) is 0.364. The van der Waals surface area contributed by atoms with Crippen LogP contribution >= 0.6 is 23.5 Å². The fourth-order valence-corrected chi connectivity index (χ4v) is 4.90. The monoisotopic (exact) mass is 432 g/mol. The summed E-state index contributed by atoms with van der Waals surface area (Å²) in [6.07, 6.45) is 3.23. The van der Waals surface area contributed by atoms with Crippen LogP contribution in [0.15, 0.2) is 47.4 Å². The van der Waals surface area contributed by atoms with Gasteiger partial charge < -0.3 is 10.6 Å². The number of thioether (sulfide) groups is 2. The van der Waals surface area contributed by atoms with Crippen LogP contribution < -0.4 is 10.6 Å². The average Bonchev–Trinajstić information content (AvgIpc) is 2.71. The SMILES string of the molecule is CSCCC(NC(=O)c1cccc(C)c1)C(=O)NC1CCSc2ccc(F)cc21. The fourth-order valence-electron chi connectivity index (χ4n) is 3.32. The Morgan fingerprint density at radius 2 is 2.10 bits per heavy atom. The maximum absolute atomic E-state index is 13.7. The standard InChI is InChI=1S/C22H25FN2O2S2/c1-14-4-3-5-15(12-14)21(26)25-19(8-10-28-2)22(27)24-18-9-11-29-20-7-6-16(23)13-17(18)20/h3-7,12-13,18-19H,8-11H2,1-2H3,(H,24,27)(H,25,26). The Morgan fingerprint density at radius 1 is 1.28 bits per heavy atom. The third kappa shape index (κ3) is 5.76. The first-order valence-corrected chi connectivity index (χ1v) is 11.9. The largest absolute Gasteiger partial charge is 0.347 e. The van der Waals surface area contributed by atoms with Crippen molar-refractivity contribution < 1.29 is 14.0 Å². The van der Waals surface area contributed by atoms with E-state index in [0.29, 0.717) is 12.0 Å². The molecule has 1 aliphatic heterocycles. The molecule has 0 radical (unpaired) electrons. The molecule has 2 unspecified atom stereocenters. The van der Waals surface area contributed by atoms with Gasteiger partial charge in [0.15, 0.2) is 0 Å². The van der Waals surface area contributed by atoms with Crippen LogP contribution in [-0.4, -0.2) is 35.6 Å². The van der Waals surface area contributed by atoms with E-state index < -0.39 is 6.04 Å². The minimum Gasteiger partial charge on any atom is -0.347 e. The van der Waals surface area contributed by atoms with Crippen molar-refractivity contribution in [1.29, 1.82) is 0 Å². The third-order valence-corrected chi connectivity index (χ3v) is 6.61. The summed E-state index contributed by atoms with van der Waals surface area (Å²) in [7, 11) is 0. The van der Waals surface area contributed by atoms with E-state index in [4.69, 9.17) is 0 Å². The van der Waals surface area contributed by atoms with Gasteiger partial charge in [-0.15, -0.1) is 11.8 Å². The van der Waals surface area contributed by atoms with E-state index in [9.17, 15) is 14.0 Å². The predicted molar refractivity (Wildman–Crippen MR) is 118 cm³/mol. The van der Waals surface area contributed by atoms with Crippen LogP contribution in [0.3, 0.4) is 0 Å². The molecule has 2 aromatic carbocycles. The number of carbonyl (C=O) groups excluding carboxylic acids is 2. The van der Waals surface area contributed by atoms with Crippen LogP contribution in [0.2, 0.25) is 0 Å². The van der Waals surface area contributed by atoms with Gasteiger partial charge in [0.2, 0.25) is 5.91 Å². The molecule has 0 fully saturated rings. The highest BCUT2D eigenvalue weighted by Crippen LogP contribution is 2.36. The maximum Gasteiger partial charge on any atom is 0.251 e. The molecule has 0 spiro atoms. The summed E-state index contributed by atoms with van der Waals surface area (Å²) in [5, 5.41) is 5.91. The van der Waals surface area contributed by atoms with Gasteiger partial charge in [-0.25, -0.2) is 4.39 Å². The van der Waals surface area contributed by atoms with Gasteiger partial charge in [-0.1, -0.05) is 17.7 Å². The molecule has 0 saturated carbocycles. The van der Waals surface area contributed by atoms with Crippen molar-refractivity contribution in [2.24, 2.45) is 0 Å². The number of benzene rings is 2. The first kappa shape index (κ1) is 21.7. The van der Waals surface area contributed by atoms with E-state index in [0.717, 1.165) is 33.9 Å². The van der Waals surface area contributed by atoms with Gasteiger partial charge in [0.25, 0.3) is 5.91 Å². The molecule has 3 rings (SSSR count). The molecule has 7 heteroatoms. The number of fused-ring (bicyclic) bond motifs is 1. The first-order valence-electron chi connectivity index (χ1n) is 9.57. The topological polar surface area (TPSA) is 58.2 Å². The van der Waals surface area contributed by atoms with Gasteiger partial charge in [0, 0.05) is 16.2 Å². The van der Waals surface area contributed by atoms with E-state index in [-0.39, 0.29) is 23.7 Å². The molecule has 154 valence electrons. The lowest BCUT2D eigenvalue weighted by Gasteiger charge is -2.28. The van der Waals surface area contributed by atoms with Crippen LogP contribution in [0.4, 0.5) is 4.39 Å². The van der Waals surface area contributed by atoms with E-state index in [2.05, 4.69) is 10.6 Å². The highest BCUT2D eigenvalue weighted by Gasteiger charge is 2.27. The lowest BCUT2D eigenvalue weighted by Crippen LogP contribution is -2.48. The number of nitrogens with one attached hydrogen (secondary N) is 2. The zero-order chi connectivity index (χ0) is 20.8.